The Balaban J connectivity index is 1.78. The lowest BCUT2D eigenvalue weighted by molar-refractivity contribution is -0.139. The molecule has 0 radical (unpaired) electrons. The number of aromatic nitrogens is 1. The van der Waals surface area contributed by atoms with Crippen LogP contribution in [-0.4, -0.2) is 58.0 Å². The first-order valence-corrected chi connectivity index (χ1v) is 16.4. The van der Waals surface area contributed by atoms with Gasteiger partial charge in [0.25, 0.3) is 5.91 Å². The smallest absolute Gasteiger partial charge is 0.311 e. The number of nitrogens with zero attached hydrogens (tertiary/aromatic N) is 2. The van der Waals surface area contributed by atoms with Gasteiger partial charge >= 0.3 is 5.97 Å². The molecule has 2 amide bonds. The molecule has 1 aromatic carbocycles. The van der Waals surface area contributed by atoms with Crippen LogP contribution in [0.2, 0.25) is 0 Å². The fraction of sp³-hybridized carbons (Fsp3) is 0.636. The summed E-state index contributed by atoms with van der Waals surface area (Å²) in [5.74, 6) is -1.10. The molecule has 232 valence electrons. The van der Waals surface area contributed by atoms with Crippen molar-refractivity contribution in [3.63, 3.8) is 0 Å². The molecule has 0 bridgehead atoms. The molecule has 1 aliphatic rings. The van der Waals surface area contributed by atoms with E-state index in [2.05, 4.69) is 46.9 Å². The third-order valence-corrected chi connectivity index (χ3v) is 9.17. The molecular formula is C33H49N3O5S. The predicted molar refractivity (Wildman–Crippen MR) is 167 cm³/mol. The van der Waals surface area contributed by atoms with Crippen LogP contribution >= 0.6 is 11.3 Å². The van der Waals surface area contributed by atoms with Crippen LogP contribution in [0.25, 0.3) is 0 Å². The average Bonchev–Trinajstić information content (AvgIpc) is 3.46. The summed E-state index contributed by atoms with van der Waals surface area (Å²) in [5.41, 5.74) is 2.08. The molecule has 1 unspecified atom stereocenters. The molecule has 0 spiro atoms. The summed E-state index contributed by atoms with van der Waals surface area (Å²) in [6.45, 7) is 13.9. The van der Waals surface area contributed by atoms with E-state index in [-0.39, 0.29) is 35.9 Å². The van der Waals surface area contributed by atoms with Crippen molar-refractivity contribution in [2.75, 3.05) is 13.2 Å². The number of rotatable bonds is 16. The zero-order chi connectivity index (χ0) is 30.8. The van der Waals surface area contributed by atoms with Crippen LogP contribution in [0.15, 0.2) is 29.6 Å². The summed E-state index contributed by atoms with van der Waals surface area (Å²) in [6, 6.07) is 7.24. The van der Waals surface area contributed by atoms with Crippen LogP contribution in [0.1, 0.15) is 119 Å². The predicted octanol–water partition coefficient (Wildman–Crippen LogP) is 6.61. The topological polar surface area (TPSA) is 109 Å². The van der Waals surface area contributed by atoms with E-state index in [0.29, 0.717) is 50.4 Å². The summed E-state index contributed by atoms with van der Waals surface area (Å²) in [4.78, 5) is 45.4. The van der Waals surface area contributed by atoms with Crippen molar-refractivity contribution in [3.05, 3.63) is 51.5 Å². The van der Waals surface area contributed by atoms with Gasteiger partial charge in [-0.05, 0) is 48.6 Å². The Bertz CT molecular complexity index is 1180. The number of amides is 2. The molecule has 1 heterocycles. The van der Waals surface area contributed by atoms with Crippen LogP contribution in [-0.2, 0) is 20.7 Å². The molecule has 0 fully saturated rings. The number of carboxylic acid groups (broad SMARTS) is 1. The normalized spacial score (nSPS) is 18.6. The first kappa shape index (κ1) is 33.7. The van der Waals surface area contributed by atoms with Crippen LogP contribution in [0.3, 0.4) is 0 Å². The van der Waals surface area contributed by atoms with E-state index in [4.69, 9.17) is 9.72 Å². The first-order valence-electron chi connectivity index (χ1n) is 15.6. The summed E-state index contributed by atoms with van der Waals surface area (Å²) in [5, 5.41) is 15.3. The third kappa shape index (κ3) is 8.86. The molecule has 0 aliphatic heterocycles. The third-order valence-electron chi connectivity index (χ3n) is 8.23. The number of nitrogens with one attached hydrogen (secondary N) is 1. The molecule has 1 aliphatic carbocycles. The SMILES string of the molecule is CCCO[C@H](CC(C(C)C)N(CCC)C(=O)C[C@@H](C)CC)c1nc(C(=O)N[C@H]2Cc3ccccc3[C@H](C(=O)O)C2)cs1. The molecule has 5 atom stereocenters. The van der Waals surface area contributed by atoms with Gasteiger partial charge in [-0.25, -0.2) is 4.98 Å². The first-order chi connectivity index (χ1) is 20.1. The maximum absolute atomic E-state index is 13.4. The molecule has 2 aromatic rings. The number of thiazole rings is 1. The van der Waals surface area contributed by atoms with Gasteiger partial charge in [-0.2, -0.15) is 0 Å². The second kappa shape index (κ2) is 16.2. The highest BCUT2D eigenvalue weighted by Crippen LogP contribution is 2.33. The number of benzene rings is 1. The van der Waals surface area contributed by atoms with E-state index < -0.39 is 11.9 Å². The van der Waals surface area contributed by atoms with Gasteiger partial charge in [-0.15, -0.1) is 11.3 Å². The summed E-state index contributed by atoms with van der Waals surface area (Å²) in [7, 11) is 0. The molecule has 1 aromatic heterocycles. The number of fused-ring (bicyclic) bond motifs is 1. The van der Waals surface area contributed by atoms with Gasteiger partial charge in [-0.3, -0.25) is 14.4 Å². The highest BCUT2D eigenvalue weighted by molar-refractivity contribution is 7.09. The lowest BCUT2D eigenvalue weighted by atomic mass is 9.80. The van der Waals surface area contributed by atoms with Gasteiger partial charge in [0, 0.05) is 43.5 Å². The minimum Gasteiger partial charge on any atom is -0.481 e. The highest BCUT2D eigenvalue weighted by atomic mass is 32.1. The zero-order valence-corrected chi connectivity index (χ0v) is 26.9. The minimum absolute atomic E-state index is 0.0141. The highest BCUT2D eigenvalue weighted by Gasteiger charge is 2.34. The molecule has 9 heteroatoms. The van der Waals surface area contributed by atoms with Crippen molar-refractivity contribution < 1.29 is 24.2 Å². The number of carboxylic acids is 1. The Hall–Kier alpha value is -2.78. The standard InChI is InChI=1S/C33H49N3O5S/c1-7-14-36(30(37)16-22(6)9-3)28(21(4)5)19-29(41-15-8-2)32-35-27(20-42-32)31(38)34-24-17-23-12-10-11-13-25(23)26(18-24)33(39)40/h10-13,20-22,24,26,28-29H,7-9,14-19H2,1-6H3,(H,34,38)(H,39,40)/t22-,24-,26+,28?,29+/m0/s1. The van der Waals surface area contributed by atoms with Gasteiger partial charge in [0.05, 0.1) is 5.92 Å². The van der Waals surface area contributed by atoms with Gasteiger partial charge in [0.15, 0.2) is 0 Å². The second-order valence-corrected chi connectivity index (χ2v) is 12.9. The number of carbonyl (C=O) groups is 3. The molecule has 42 heavy (non-hydrogen) atoms. The van der Waals surface area contributed by atoms with Crippen molar-refractivity contribution in [3.8, 4) is 0 Å². The Labute approximate surface area is 255 Å². The number of ether oxygens (including phenoxy) is 1. The fourth-order valence-corrected chi connectivity index (χ4v) is 6.58. The Morgan fingerprint density at radius 2 is 1.88 bits per heavy atom. The van der Waals surface area contributed by atoms with Crippen molar-refractivity contribution in [1.82, 2.24) is 15.2 Å². The van der Waals surface area contributed by atoms with Gasteiger partial charge in [0.2, 0.25) is 5.91 Å². The van der Waals surface area contributed by atoms with Crippen LogP contribution < -0.4 is 5.32 Å². The zero-order valence-electron chi connectivity index (χ0n) is 26.1. The van der Waals surface area contributed by atoms with Gasteiger partial charge in [0.1, 0.15) is 16.8 Å². The van der Waals surface area contributed by atoms with Crippen LogP contribution in [0.5, 0.6) is 0 Å². The van der Waals surface area contributed by atoms with Crippen molar-refractivity contribution >= 4 is 29.1 Å². The van der Waals surface area contributed by atoms with E-state index in [1.54, 1.807) is 5.38 Å². The van der Waals surface area contributed by atoms with Gasteiger partial charge < -0.3 is 20.1 Å². The molecule has 8 nitrogen and oxygen atoms in total. The molecule has 0 saturated carbocycles. The van der Waals surface area contributed by atoms with E-state index >= 15 is 0 Å². The second-order valence-electron chi connectivity index (χ2n) is 12.0. The minimum atomic E-state index is -0.882. The molecule has 2 N–H and O–H groups in total. The summed E-state index contributed by atoms with van der Waals surface area (Å²) in [6.07, 6.45) is 4.43. The number of aliphatic carboxylic acids is 1. The van der Waals surface area contributed by atoms with Gasteiger partial charge in [-0.1, -0.05) is 72.2 Å². The molecule has 0 saturated heterocycles. The van der Waals surface area contributed by atoms with E-state index in [1.165, 1.54) is 11.3 Å². The summed E-state index contributed by atoms with van der Waals surface area (Å²) < 4.78 is 6.30. The Morgan fingerprint density at radius 1 is 1.14 bits per heavy atom. The van der Waals surface area contributed by atoms with E-state index in [1.807, 2.05) is 29.2 Å². The lowest BCUT2D eigenvalue weighted by Gasteiger charge is -2.37. The molecule has 3 rings (SSSR count). The van der Waals surface area contributed by atoms with E-state index in [9.17, 15) is 19.5 Å². The number of hydrogen-bond acceptors (Lipinski definition) is 6. The van der Waals surface area contributed by atoms with Crippen molar-refractivity contribution in [1.29, 1.82) is 0 Å². The fourth-order valence-electron chi connectivity index (χ4n) is 5.72. The Morgan fingerprint density at radius 3 is 2.52 bits per heavy atom. The quantitative estimate of drug-likeness (QED) is 0.225. The number of carbonyl (C=O) groups excluding carboxylic acids is 2. The number of hydrogen-bond donors (Lipinski definition) is 2. The average molecular weight is 600 g/mol. The van der Waals surface area contributed by atoms with Crippen molar-refractivity contribution in [2.24, 2.45) is 11.8 Å². The maximum Gasteiger partial charge on any atom is 0.311 e. The largest absolute Gasteiger partial charge is 0.481 e. The monoisotopic (exact) mass is 599 g/mol. The Kier molecular flexibility index (Phi) is 13.0. The molecular weight excluding hydrogens is 550 g/mol. The van der Waals surface area contributed by atoms with E-state index in [0.717, 1.165) is 35.4 Å². The van der Waals surface area contributed by atoms with Crippen LogP contribution in [0.4, 0.5) is 0 Å². The summed E-state index contributed by atoms with van der Waals surface area (Å²) >= 11 is 1.40. The van der Waals surface area contributed by atoms with Crippen molar-refractivity contribution in [2.45, 2.75) is 111 Å². The maximum atomic E-state index is 13.4. The van der Waals surface area contributed by atoms with Crippen LogP contribution in [0, 0.1) is 11.8 Å². The lowest BCUT2D eigenvalue weighted by Crippen LogP contribution is -2.45.